The summed E-state index contributed by atoms with van der Waals surface area (Å²) in [6.45, 7) is 8.09. The molecule has 29 heavy (non-hydrogen) atoms. The number of rotatable bonds is 4. The Morgan fingerprint density at radius 1 is 1.31 bits per heavy atom. The molecule has 2 fully saturated rings. The number of alkyl halides is 3. The number of hydrogen-bond acceptors (Lipinski definition) is 6. The minimum Gasteiger partial charge on any atom is -0.461 e. The van der Waals surface area contributed by atoms with E-state index in [-0.39, 0.29) is 41.7 Å². The first-order valence-corrected chi connectivity index (χ1v) is 9.61. The van der Waals surface area contributed by atoms with Crippen LogP contribution >= 0.6 is 0 Å². The fourth-order valence-electron chi connectivity index (χ4n) is 4.63. The summed E-state index contributed by atoms with van der Waals surface area (Å²) in [5, 5.41) is 3.53. The second-order valence-electron chi connectivity index (χ2n) is 8.38. The first-order chi connectivity index (χ1) is 13.5. The lowest BCUT2D eigenvalue weighted by molar-refractivity contribution is -0.210. The molecule has 4 rings (SSSR count). The molecule has 1 aliphatic heterocycles. The van der Waals surface area contributed by atoms with Crippen molar-refractivity contribution in [2.45, 2.75) is 65.3 Å². The highest BCUT2D eigenvalue weighted by atomic mass is 19.4. The lowest BCUT2D eigenvalue weighted by Crippen LogP contribution is -2.61. The fourth-order valence-corrected chi connectivity index (χ4v) is 4.63. The van der Waals surface area contributed by atoms with E-state index in [1.54, 1.807) is 13.8 Å². The Bertz CT molecular complexity index is 970. The van der Waals surface area contributed by atoms with Gasteiger partial charge < -0.3 is 9.47 Å². The summed E-state index contributed by atoms with van der Waals surface area (Å²) in [4.78, 5) is 20.0. The van der Waals surface area contributed by atoms with Gasteiger partial charge in [0.2, 0.25) is 0 Å². The van der Waals surface area contributed by atoms with Crippen molar-refractivity contribution in [3.05, 3.63) is 22.8 Å². The monoisotopic (exact) mass is 412 g/mol. The van der Waals surface area contributed by atoms with Crippen LogP contribution in [0.25, 0.3) is 5.78 Å². The van der Waals surface area contributed by atoms with E-state index in [1.165, 1.54) is 0 Å². The number of ether oxygens (including phenoxy) is 2. The number of aromatic nitrogens is 4. The average Bonchev–Trinajstić information content (AvgIpc) is 3.25. The van der Waals surface area contributed by atoms with Gasteiger partial charge in [-0.05, 0) is 32.3 Å². The molecule has 1 aliphatic carbocycles. The minimum atomic E-state index is -4.64. The number of halogens is 3. The molecule has 1 saturated carbocycles. The summed E-state index contributed by atoms with van der Waals surface area (Å²) in [6, 6.07) is 0. The number of fused-ring (bicyclic) bond motifs is 2. The van der Waals surface area contributed by atoms with E-state index in [4.69, 9.17) is 9.47 Å². The van der Waals surface area contributed by atoms with Crippen LogP contribution in [-0.4, -0.2) is 44.4 Å². The summed E-state index contributed by atoms with van der Waals surface area (Å²) < 4.78 is 51.2. The third kappa shape index (κ3) is 3.27. The van der Waals surface area contributed by atoms with Gasteiger partial charge in [0.1, 0.15) is 6.10 Å². The van der Waals surface area contributed by atoms with Gasteiger partial charge in [-0.25, -0.2) is 9.50 Å². The first-order valence-electron chi connectivity index (χ1n) is 9.61. The third-order valence-corrected chi connectivity index (χ3v) is 6.13. The van der Waals surface area contributed by atoms with Gasteiger partial charge in [0.25, 0.3) is 11.6 Å². The molecular formula is C19H23F3N4O3. The maximum absolute atomic E-state index is 12.9. The van der Waals surface area contributed by atoms with Crippen molar-refractivity contribution in [1.82, 2.24) is 19.6 Å². The molecule has 0 amide bonds. The molecule has 2 aromatic heterocycles. The van der Waals surface area contributed by atoms with Gasteiger partial charge in [-0.1, -0.05) is 13.8 Å². The van der Waals surface area contributed by atoms with Crippen molar-refractivity contribution in [2.24, 2.45) is 11.3 Å². The van der Waals surface area contributed by atoms with Gasteiger partial charge in [0.15, 0.2) is 0 Å². The average molecular weight is 412 g/mol. The zero-order valence-corrected chi connectivity index (χ0v) is 16.7. The smallest absolute Gasteiger partial charge is 0.453 e. The van der Waals surface area contributed by atoms with E-state index in [0.717, 1.165) is 10.9 Å². The Morgan fingerprint density at radius 2 is 2.03 bits per heavy atom. The van der Waals surface area contributed by atoms with Crippen LogP contribution in [-0.2, 0) is 26.9 Å². The van der Waals surface area contributed by atoms with Gasteiger partial charge in [0.05, 0.1) is 6.10 Å². The number of esters is 1. The SMILES string of the molecule is Cc1nc2nc(C(F)(F)F)nn2c(C)c1CCC(=O)O[C@@H]1[C@@H]2CCO[C@H]2C1(C)C. The standard InChI is InChI=1S/C19H23F3N4O3/c1-9-11(10(2)26-17(23-9)24-16(25-26)19(20,21)22)5-6-13(27)29-15-12-7-8-28-14(12)18(15,3)4/h12,14-15H,5-8H2,1-4H3/t12-,14-,15-/m1/s1. The molecule has 2 aromatic rings. The zero-order chi connectivity index (χ0) is 21.1. The summed E-state index contributed by atoms with van der Waals surface area (Å²) in [5.41, 5.74) is 1.47. The molecule has 3 atom stereocenters. The van der Waals surface area contributed by atoms with Crippen molar-refractivity contribution >= 4 is 11.7 Å². The van der Waals surface area contributed by atoms with Crippen molar-refractivity contribution in [2.75, 3.05) is 6.61 Å². The summed E-state index contributed by atoms with van der Waals surface area (Å²) in [7, 11) is 0. The van der Waals surface area contributed by atoms with Crippen molar-refractivity contribution in [1.29, 1.82) is 0 Å². The van der Waals surface area contributed by atoms with Crippen LogP contribution in [0.15, 0.2) is 0 Å². The minimum absolute atomic E-state index is 0.109. The van der Waals surface area contributed by atoms with E-state index in [0.29, 0.717) is 30.0 Å². The van der Waals surface area contributed by atoms with E-state index in [9.17, 15) is 18.0 Å². The van der Waals surface area contributed by atoms with Crippen molar-refractivity contribution < 1.29 is 27.4 Å². The highest BCUT2D eigenvalue weighted by Gasteiger charge is 2.61. The molecule has 0 unspecified atom stereocenters. The molecule has 0 aromatic carbocycles. The third-order valence-electron chi connectivity index (χ3n) is 6.13. The number of hydrogen-bond donors (Lipinski definition) is 0. The molecule has 158 valence electrons. The molecule has 0 bridgehead atoms. The number of aryl methyl sites for hydroxylation is 2. The van der Waals surface area contributed by atoms with Gasteiger partial charge >= 0.3 is 12.1 Å². The topological polar surface area (TPSA) is 78.6 Å². The van der Waals surface area contributed by atoms with Crippen molar-refractivity contribution in [3.63, 3.8) is 0 Å². The molecule has 0 N–H and O–H groups in total. The van der Waals surface area contributed by atoms with Gasteiger partial charge in [-0.3, -0.25) is 4.79 Å². The second-order valence-corrected chi connectivity index (χ2v) is 8.38. The summed E-state index contributed by atoms with van der Waals surface area (Å²) in [5.74, 6) is -1.43. The van der Waals surface area contributed by atoms with E-state index in [2.05, 4.69) is 15.1 Å². The van der Waals surface area contributed by atoms with Crippen LogP contribution in [0.5, 0.6) is 0 Å². The van der Waals surface area contributed by atoms with E-state index in [1.807, 2.05) is 13.8 Å². The highest BCUT2D eigenvalue weighted by molar-refractivity contribution is 5.70. The van der Waals surface area contributed by atoms with Gasteiger partial charge in [-0.2, -0.15) is 18.2 Å². The van der Waals surface area contributed by atoms with Crippen LogP contribution in [0.4, 0.5) is 13.2 Å². The molecule has 1 saturated heterocycles. The maximum atomic E-state index is 12.9. The van der Waals surface area contributed by atoms with E-state index < -0.39 is 12.0 Å². The molecule has 2 aliphatic rings. The Hall–Kier alpha value is -2.23. The Morgan fingerprint density at radius 3 is 2.72 bits per heavy atom. The largest absolute Gasteiger partial charge is 0.461 e. The number of nitrogens with zero attached hydrogens (tertiary/aromatic N) is 4. The zero-order valence-electron chi connectivity index (χ0n) is 16.7. The molecule has 3 heterocycles. The highest BCUT2D eigenvalue weighted by Crippen LogP contribution is 2.53. The Kier molecular flexibility index (Phi) is 4.60. The summed E-state index contributed by atoms with van der Waals surface area (Å²) >= 11 is 0. The van der Waals surface area contributed by atoms with Crippen molar-refractivity contribution in [3.8, 4) is 0 Å². The normalized spacial score (nSPS) is 25.7. The maximum Gasteiger partial charge on any atom is 0.453 e. The van der Waals surface area contributed by atoms with Crippen LogP contribution in [0.1, 0.15) is 49.5 Å². The first kappa shape index (κ1) is 20.1. The summed E-state index contributed by atoms with van der Waals surface area (Å²) in [6.07, 6.45) is -3.38. The lowest BCUT2D eigenvalue weighted by Gasteiger charge is -2.53. The molecule has 7 nitrogen and oxygen atoms in total. The van der Waals surface area contributed by atoms with Crippen LogP contribution in [0.2, 0.25) is 0 Å². The molecule has 0 radical (unpaired) electrons. The Balaban J connectivity index is 1.47. The molecular weight excluding hydrogens is 389 g/mol. The number of carbonyl (C=O) groups excluding carboxylic acids is 1. The quantitative estimate of drug-likeness (QED) is 0.719. The number of carbonyl (C=O) groups is 1. The lowest BCUT2D eigenvalue weighted by atomic mass is 9.59. The molecule has 10 heteroatoms. The molecule has 0 spiro atoms. The van der Waals surface area contributed by atoms with Crippen LogP contribution in [0.3, 0.4) is 0 Å². The van der Waals surface area contributed by atoms with Crippen LogP contribution in [0, 0.1) is 25.2 Å². The fraction of sp³-hybridized carbons (Fsp3) is 0.684. The Labute approximate surface area is 165 Å². The predicted octanol–water partition coefficient (Wildman–Crippen LogP) is 3.05. The van der Waals surface area contributed by atoms with Gasteiger partial charge in [-0.15, -0.1) is 5.10 Å². The van der Waals surface area contributed by atoms with Gasteiger partial charge in [0, 0.05) is 35.7 Å². The second kappa shape index (κ2) is 6.65. The van der Waals surface area contributed by atoms with Crippen LogP contribution < -0.4 is 0 Å². The van der Waals surface area contributed by atoms with E-state index >= 15 is 0 Å². The predicted molar refractivity (Wildman–Crippen MR) is 95.1 cm³/mol.